The number of ether oxygens (including phenoxy) is 17. The van der Waals surface area contributed by atoms with Gasteiger partial charge in [-0.2, -0.15) is 17.8 Å². The number of nitrogens with one attached hydrogen (secondary N) is 2. The molecule has 8 saturated heterocycles. The standard InChI is InChI=1S/C12H19N3O3S.C12H18N2O2.C11H18O4.C11H16O4.C11H18O3.C10H14N2O.C10H18O3.C8H12O3.C4H6O3.2C4H8O.C2H6ClNO2S.CH4O.CH3.ClH.Mg/c1-14(2)17-18-19-15-8-11(13-9-15)7-10-3-5-12(16)6-4-10;1-3-12(15-5-6-16-12)4-2-10(1)7-11-8-13-9-14-11;2*1-13-10(12)8-9-2-4-11(5-3-9)14-6-7-15-11;12-7-1-2-10-3-5-11(6-4-10)13-8-9-14-11;13-10-3-1-8(2-4-10)5-9-6-11-7-12-9;11-6-3-9-1-4-10(5-2-9)12-7-8-13-10;9-7-1-3-8(4-2-7)10-5-6-11-8;1-7-4(6)2-3-5;2*1-2-4-5-3-1;1-4(2)7(3,5)6;1-2;;;/h8-10H,3-7H2,1-2H3;8-10H,1-7H2,(H,13,14);9H,2-8H2,1H3;8H,2-7H2,1H3;7,10H,1-6,8-9H2;6-8H,1-5H2,(H,11,12);9,11H,1-8H2;1-6H2;3H,2H2,1H3;2*1-4H2;1-2H3;2H,1H3;1H3;1H;/q;;;;;;;;;;;;;-1;;+2/p-1. The fourth-order valence-corrected chi connectivity index (χ4v) is 19.6. The number of aromatic nitrogens is 6. The number of halogens is 2. The van der Waals surface area contributed by atoms with Crippen LogP contribution >= 0.6 is 22.9 Å². The van der Waals surface area contributed by atoms with Crippen molar-refractivity contribution in [3.05, 3.63) is 73.7 Å². The summed E-state index contributed by atoms with van der Waals surface area (Å²) in [6, 6.07) is 0. The zero-order chi connectivity index (χ0) is 103. The number of methoxy groups -OCH3 is 3. The summed E-state index contributed by atoms with van der Waals surface area (Å²) in [5.74, 6) is 2.41. The molecule has 826 valence electrons. The van der Waals surface area contributed by atoms with Crippen LogP contribution in [0.3, 0.4) is 0 Å². The predicted octanol–water partition coefficient (Wildman–Crippen LogP) is 10.6. The summed E-state index contributed by atoms with van der Waals surface area (Å²) in [5.41, 5.74) is 4.60. The van der Waals surface area contributed by atoms with Crippen LogP contribution in [0.25, 0.3) is 0 Å². The molecule has 4 N–H and O–H groups in total. The summed E-state index contributed by atoms with van der Waals surface area (Å²) in [6.45, 7) is 13.0. The average Bonchev–Trinajstić information content (AvgIpc) is 1.72. The first-order chi connectivity index (χ1) is 68.6. The number of esters is 3. The van der Waals surface area contributed by atoms with E-state index < -0.39 is 15.2 Å². The Hall–Kier alpha value is -5.02. The number of aliphatic hydroxyl groups excluding tert-OH is 2. The van der Waals surface area contributed by atoms with E-state index in [0.29, 0.717) is 125 Å². The van der Waals surface area contributed by atoms with E-state index in [0.717, 1.165) is 325 Å². The van der Waals surface area contributed by atoms with Crippen LogP contribution in [0.15, 0.2) is 49.2 Å². The van der Waals surface area contributed by atoms with Gasteiger partial charge in [0, 0.05) is 243 Å². The van der Waals surface area contributed by atoms with Crippen LogP contribution in [0.1, 0.15) is 280 Å². The monoisotopic (exact) mass is 2150 g/mol. The number of hydroxylamine groups is 2. The first kappa shape index (κ1) is 132. The third kappa shape index (κ3) is 52.9. The van der Waals surface area contributed by atoms with E-state index >= 15 is 0 Å². The van der Waals surface area contributed by atoms with Crippen molar-refractivity contribution in [2.75, 3.05) is 169 Å². The van der Waals surface area contributed by atoms with Crippen molar-refractivity contribution in [3.63, 3.8) is 0 Å². The maximum Gasteiger partial charge on any atom is 2.00 e. The minimum Gasteiger partial charge on any atom is -1.00 e. The van der Waals surface area contributed by atoms with Crippen LogP contribution in [0.5, 0.6) is 0 Å². The Morgan fingerprint density at radius 1 is 0.483 bits per heavy atom. The van der Waals surface area contributed by atoms with Crippen molar-refractivity contribution in [2.24, 2.45) is 35.5 Å². The number of carbonyl (C=O) groups is 8. The van der Waals surface area contributed by atoms with Crippen LogP contribution < -0.4 is 12.4 Å². The van der Waals surface area contributed by atoms with Gasteiger partial charge in [0.1, 0.15) is 42.7 Å². The number of nitrogens with zero attached hydrogens (tertiary/aromatic N) is 6. The van der Waals surface area contributed by atoms with Gasteiger partial charge in [-0.05, 0) is 183 Å². The Kier molecular flexibility index (Phi) is 67.6. The van der Waals surface area contributed by atoms with Crippen molar-refractivity contribution in [1.29, 1.82) is 0 Å². The quantitative estimate of drug-likeness (QED) is 0.00658. The molecular formula is C101H168Cl2MgN8O31S2. The van der Waals surface area contributed by atoms with Gasteiger partial charge in [0.15, 0.2) is 47.0 Å². The Balaban J connectivity index is 0.000000333. The van der Waals surface area contributed by atoms with Crippen LogP contribution in [0, 0.1) is 42.9 Å². The van der Waals surface area contributed by atoms with Gasteiger partial charge in [-0.25, -0.2) is 19.7 Å². The van der Waals surface area contributed by atoms with Crippen molar-refractivity contribution >= 4 is 103 Å². The Morgan fingerprint density at radius 2 is 0.821 bits per heavy atom. The number of rotatable bonds is 21. The van der Waals surface area contributed by atoms with Crippen LogP contribution in [-0.2, 0) is 157 Å². The Labute approximate surface area is 890 Å². The normalized spacial score (nSPS) is 23.5. The number of aliphatic hydroxyl groups is 2. The average molecular weight is 2150 g/mol. The van der Waals surface area contributed by atoms with Crippen LogP contribution in [-0.4, -0.2) is 331 Å². The first-order valence-corrected chi connectivity index (χ1v) is 54.0. The number of aldehydes is 2. The smallest absolute Gasteiger partial charge is 1.00 e. The molecular weight excluding hydrogens is 1980 g/mol. The Bertz CT molecular complexity index is 4010. The molecule has 0 atom stereocenters. The first-order valence-electron chi connectivity index (χ1n) is 51.1. The molecule has 145 heavy (non-hydrogen) atoms. The molecule has 8 saturated carbocycles. The van der Waals surface area contributed by atoms with Gasteiger partial charge < -0.3 is 130 Å². The maximum atomic E-state index is 11.2. The number of allylic oxidation sites excluding steroid dienone is 1. The molecule has 16 aliphatic rings. The summed E-state index contributed by atoms with van der Waals surface area (Å²) in [7, 11) is 12.6. The third-order valence-corrected chi connectivity index (χ3v) is 29.6. The molecule has 3 aromatic rings. The van der Waals surface area contributed by atoms with E-state index in [1.807, 2.05) is 18.6 Å². The molecule has 16 fully saturated rings. The summed E-state index contributed by atoms with van der Waals surface area (Å²) in [6.07, 6.45) is 55.4. The molecule has 8 aliphatic heterocycles. The predicted molar refractivity (Wildman–Crippen MR) is 536 cm³/mol. The van der Waals surface area contributed by atoms with Crippen LogP contribution in [0.2, 0.25) is 0 Å². The number of ketones is 3. The van der Waals surface area contributed by atoms with Crippen molar-refractivity contribution in [3.8, 4) is 0 Å². The van der Waals surface area contributed by atoms with Gasteiger partial charge in [-0.3, -0.25) is 27.9 Å². The van der Waals surface area contributed by atoms with Gasteiger partial charge >= 0.3 is 41.0 Å². The van der Waals surface area contributed by atoms with E-state index in [4.69, 9.17) is 96.5 Å². The summed E-state index contributed by atoms with van der Waals surface area (Å²) >= 11 is 1.07. The summed E-state index contributed by atoms with van der Waals surface area (Å²) in [4.78, 5) is 108. The minimum absolute atomic E-state index is 0. The van der Waals surface area contributed by atoms with Crippen LogP contribution in [0.4, 0.5) is 0 Å². The fourth-order valence-electron chi connectivity index (χ4n) is 19.1. The van der Waals surface area contributed by atoms with Gasteiger partial charge in [0.2, 0.25) is 0 Å². The Morgan fingerprint density at radius 3 is 1.13 bits per heavy atom. The molecule has 8 aliphatic carbocycles. The number of imidazole rings is 3. The van der Waals surface area contributed by atoms with E-state index in [9.17, 15) is 46.8 Å². The number of Topliss-reactive ketones (excluding diaryl/α,β-unsaturated/α-hetero) is 3. The van der Waals surface area contributed by atoms with Crippen molar-refractivity contribution in [1.82, 2.24) is 38.3 Å². The molecule has 0 bridgehead atoms. The number of hydrogen-bond acceptors (Lipinski definition) is 36. The van der Waals surface area contributed by atoms with E-state index in [-0.39, 0.29) is 96.0 Å². The molecule has 0 aromatic carbocycles. The second kappa shape index (κ2) is 74.1. The van der Waals surface area contributed by atoms with Gasteiger partial charge in [0.05, 0.1) is 119 Å². The molecule has 0 unspecified atom stereocenters. The maximum absolute atomic E-state index is 11.2. The topological polar surface area (TPSA) is 468 Å². The van der Waals surface area contributed by atoms with E-state index in [1.54, 1.807) is 43.1 Å². The van der Waals surface area contributed by atoms with E-state index in [1.165, 1.54) is 90.4 Å². The molecule has 44 heteroatoms. The molecule has 19 rings (SSSR count). The molecule has 0 radical (unpaired) electrons. The number of H-pyrrole nitrogens is 2. The van der Waals surface area contributed by atoms with Crippen molar-refractivity contribution < 1.29 is 159 Å². The summed E-state index contributed by atoms with van der Waals surface area (Å²) < 4.78 is 118. The zero-order valence-electron chi connectivity index (χ0n) is 87.5. The SMILES string of the molecule is C1CCOC1.C1CCOC1.CN(C)OOSn1cnc(CC2CCC(=O)CC2)c1.CN(C)S(=O)(=O)Cl.CO.COC(=O)C=C1CCC2(CC1)OCCO2.COC(=O)CC1CCC2(CC1)OCCO2.COC(=O)CC=O.O=C1CCC(Cc2cnc[nH]2)CC1.O=C1CCC2(CC1)OCCO2.O=CCCC1CCC2(CC1)OCCO2.OCCC1CCC2(CC1)OCCO2.[CH3-].[Cl-].[Mg+2].c1ncc(CC2CCC3(CC2)OCCO3)[nH]1. The second-order valence-corrected chi connectivity index (χ2v) is 41.5. The number of hydrogen-bond donors (Lipinski definition) is 4. The van der Waals surface area contributed by atoms with Gasteiger partial charge in [-0.1, -0.05) is 5.57 Å². The third-order valence-electron chi connectivity index (χ3n) is 27.4. The zero-order valence-corrected chi connectivity index (χ0v) is 92.0. The molecule has 3 aromatic heterocycles. The number of aromatic amines is 2. The van der Waals surface area contributed by atoms with E-state index in [2.05, 4.69) is 39.1 Å². The summed E-state index contributed by atoms with van der Waals surface area (Å²) in [5, 5.41) is 17.3. The molecule has 0 amide bonds. The fraction of sp³-hybridized carbons (Fsp3) is 0.802. The second-order valence-electron chi connectivity index (χ2n) is 38.1. The minimum atomic E-state index is -3.44. The molecule has 6 spiro atoms. The largest absolute Gasteiger partial charge is 2.00 e. The number of carbonyl (C=O) groups excluding carboxylic acids is 8. The molecule has 11 heterocycles. The van der Waals surface area contributed by atoms with Gasteiger partial charge in [-0.15, -0.1) is 9.32 Å². The van der Waals surface area contributed by atoms with Crippen molar-refractivity contribution in [2.45, 2.75) is 317 Å². The molecule has 39 nitrogen and oxygen atoms in total. The van der Waals surface area contributed by atoms with Gasteiger partial charge in [0.25, 0.3) is 9.24 Å².